The van der Waals surface area contributed by atoms with Crippen LogP contribution in [0, 0.1) is 11.3 Å². The first kappa shape index (κ1) is 14.2. The minimum Gasteiger partial charge on any atom is -0.384 e. The van der Waals surface area contributed by atoms with Crippen molar-refractivity contribution in [3.8, 4) is 0 Å². The summed E-state index contributed by atoms with van der Waals surface area (Å²) in [5.74, 6) is 0.793. The minimum absolute atomic E-state index is 0.00744. The van der Waals surface area contributed by atoms with E-state index >= 15 is 0 Å². The van der Waals surface area contributed by atoms with Crippen LogP contribution in [0.1, 0.15) is 18.4 Å². The van der Waals surface area contributed by atoms with Crippen molar-refractivity contribution in [3.05, 3.63) is 28.8 Å². The predicted octanol–water partition coefficient (Wildman–Crippen LogP) is 2.49. The standard InChI is InChI=1S/C14H20ClN3O/c1-18(6-7-19-9-10-2-3-10)11-4-5-12(14(16)17)13(15)8-11/h4-5,8,10H,2-3,6-7,9H2,1H3,(H3,16,17). The molecule has 0 amide bonds. The first-order valence-electron chi connectivity index (χ1n) is 6.50. The Morgan fingerprint density at radius 3 is 2.84 bits per heavy atom. The highest BCUT2D eigenvalue weighted by atomic mass is 35.5. The topological polar surface area (TPSA) is 62.3 Å². The molecule has 2 rings (SSSR count). The first-order valence-corrected chi connectivity index (χ1v) is 6.88. The van der Waals surface area contributed by atoms with Gasteiger partial charge in [0.2, 0.25) is 0 Å². The third-order valence-electron chi connectivity index (χ3n) is 3.31. The molecule has 0 radical (unpaired) electrons. The molecule has 1 aliphatic rings. The van der Waals surface area contributed by atoms with Crippen LogP contribution in [0.4, 0.5) is 5.69 Å². The van der Waals surface area contributed by atoms with Crippen LogP contribution in [-0.4, -0.2) is 32.6 Å². The van der Waals surface area contributed by atoms with Gasteiger partial charge in [0.1, 0.15) is 5.84 Å². The molecule has 0 aliphatic heterocycles. The van der Waals surface area contributed by atoms with Crippen LogP contribution in [0.25, 0.3) is 0 Å². The Morgan fingerprint density at radius 1 is 1.53 bits per heavy atom. The first-order chi connectivity index (χ1) is 9.08. The lowest BCUT2D eigenvalue weighted by Gasteiger charge is -2.20. The van der Waals surface area contributed by atoms with Crippen LogP contribution in [0.15, 0.2) is 18.2 Å². The van der Waals surface area contributed by atoms with Gasteiger partial charge in [-0.3, -0.25) is 5.41 Å². The van der Waals surface area contributed by atoms with Gasteiger partial charge in [0.15, 0.2) is 0 Å². The monoisotopic (exact) mass is 281 g/mol. The van der Waals surface area contributed by atoms with E-state index < -0.39 is 0 Å². The molecule has 0 spiro atoms. The quantitative estimate of drug-likeness (QED) is 0.458. The predicted molar refractivity (Wildman–Crippen MR) is 79.3 cm³/mol. The minimum atomic E-state index is -0.00744. The lowest BCUT2D eigenvalue weighted by molar-refractivity contribution is 0.131. The van der Waals surface area contributed by atoms with E-state index in [4.69, 9.17) is 27.5 Å². The second kappa shape index (κ2) is 6.26. The van der Waals surface area contributed by atoms with Crippen LogP contribution in [-0.2, 0) is 4.74 Å². The van der Waals surface area contributed by atoms with Crippen molar-refractivity contribution in [1.82, 2.24) is 0 Å². The average molecular weight is 282 g/mol. The molecule has 0 heterocycles. The van der Waals surface area contributed by atoms with Gasteiger partial charge in [-0.15, -0.1) is 0 Å². The zero-order valence-corrected chi connectivity index (χ0v) is 11.9. The smallest absolute Gasteiger partial charge is 0.124 e. The van der Waals surface area contributed by atoms with Gasteiger partial charge in [0.05, 0.1) is 11.6 Å². The summed E-state index contributed by atoms with van der Waals surface area (Å²) >= 11 is 6.10. The van der Waals surface area contributed by atoms with Crippen LogP contribution in [0.2, 0.25) is 5.02 Å². The van der Waals surface area contributed by atoms with Gasteiger partial charge < -0.3 is 15.4 Å². The molecule has 4 nitrogen and oxygen atoms in total. The van der Waals surface area contributed by atoms with Crippen LogP contribution in [0.3, 0.4) is 0 Å². The SMILES string of the molecule is CN(CCOCC1CC1)c1ccc(C(=N)N)c(Cl)c1. The highest BCUT2D eigenvalue weighted by Crippen LogP contribution is 2.28. The molecular formula is C14H20ClN3O. The molecule has 1 fully saturated rings. The summed E-state index contributed by atoms with van der Waals surface area (Å²) in [5, 5.41) is 7.91. The number of nitrogens with one attached hydrogen (secondary N) is 1. The Bertz CT molecular complexity index is 460. The summed E-state index contributed by atoms with van der Waals surface area (Å²) in [6, 6.07) is 5.53. The number of nitrogens with two attached hydrogens (primary N) is 1. The summed E-state index contributed by atoms with van der Waals surface area (Å²) in [6.07, 6.45) is 2.63. The molecule has 5 heteroatoms. The molecule has 3 N–H and O–H groups in total. The number of nitrogen functional groups attached to an aromatic ring is 1. The molecule has 0 atom stereocenters. The number of amidine groups is 1. The molecule has 19 heavy (non-hydrogen) atoms. The van der Waals surface area contributed by atoms with Crippen molar-refractivity contribution < 1.29 is 4.74 Å². The van der Waals surface area contributed by atoms with Gasteiger partial charge in [0.25, 0.3) is 0 Å². The summed E-state index contributed by atoms with van der Waals surface area (Å²) in [6.45, 7) is 2.43. The highest BCUT2D eigenvalue weighted by Gasteiger charge is 2.21. The molecule has 0 aromatic heterocycles. The van der Waals surface area contributed by atoms with Crippen LogP contribution >= 0.6 is 11.6 Å². The van der Waals surface area contributed by atoms with E-state index in [-0.39, 0.29) is 5.84 Å². The normalized spacial score (nSPS) is 14.4. The molecule has 0 unspecified atom stereocenters. The summed E-state index contributed by atoms with van der Waals surface area (Å²) in [5.41, 5.74) is 7.02. The van der Waals surface area contributed by atoms with E-state index in [1.807, 2.05) is 19.2 Å². The zero-order valence-electron chi connectivity index (χ0n) is 11.2. The molecule has 104 valence electrons. The Hall–Kier alpha value is -1.26. The maximum atomic E-state index is 7.40. The van der Waals surface area contributed by atoms with Crippen molar-refractivity contribution in [1.29, 1.82) is 5.41 Å². The molecule has 1 saturated carbocycles. The second-order valence-electron chi connectivity index (χ2n) is 5.02. The van der Waals surface area contributed by atoms with Crippen molar-refractivity contribution in [2.45, 2.75) is 12.8 Å². The number of benzene rings is 1. The van der Waals surface area contributed by atoms with Gasteiger partial charge in [-0.1, -0.05) is 11.6 Å². The average Bonchev–Trinajstić information content (AvgIpc) is 3.17. The Kier molecular flexibility index (Phi) is 4.66. The van der Waals surface area contributed by atoms with Crippen molar-refractivity contribution in [3.63, 3.8) is 0 Å². The number of likely N-dealkylation sites (N-methyl/N-ethyl adjacent to an activating group) is 1. The van der Waals surface area contributed by atoms with Crippen molar-refractivity contribution in [2.24, 2.45) is 11.7 Å². The van der Waals surface area contributed by atoms with Crippen molar-refractivity contribution in [2.75, 3.05) is 31.7 Å². The van der Waals surface area contributed by atoms with E-state index in [0.717, 1.165) is 31.4 Å². The number of nitrogens with zero attached hydrogens (tertiary/aromatic N) is 1. The van der Waals surface area contributed by atoms with Crippen LogP contribution in [0.5, 0.6) is 0 Å². The molecule has 1 aliphatic carbocycles. The summed E-state index contributed by atoms with van der Waals surface area (Å²) in [4.78, 5) is 2.09. The van der Waals surface area contributed by atoms with E-state index in [1.54, 1.807) is 6.07 Å². The van der Waals surface area contributed by atoms with E-state index in [0.29, 0.717) is 10.6 Å². The number of hydrogen-bond acceptors (Lipinski definition) is 3. The Morgan fingerprint density at radius 2 is 2.26 bits per heavy atom. The Labute approximate surface area is 119 Å². The molecule has 0 saturated heterocycles. The number of ether oxygens (including phenoxy) is 1. The van der Waals surface area contributed by atoms with Crippen LogP contribution < -0.4 is 10.6 Å². The fraction of sp³-hybridized carbons (Fsp3) is 0.500. The van der Waals surface area contributed by atoms with Gasteiger partial charge >= 0.3 is 0 Å². The third kappa shape index (κ3) is 4.11. The number of anilines is 1. The maximum Gasteiger partial charge on any atom is 0.124 e. The van der Waals surface area contributed by atoms with E-state index in [9.17, 15) is 0 Å². The second-order valence-corrected chi connectivity index (χ2v) is 5.42. The fourth-order valence-corrected chi connectivity index (χ4v) is 2.10. The van der Waals surface area contributed by atoms with Gasteiger partial charge in [0, 0.05) is 31.5 Å². The fourth-order valence-electron chi connectivity index (χ4n) is 1.82. The number of halogens is 1. The lowest BCUT2D eigenvalue weighted by Crippen LogP contribution is -2.23. The highest BCUT2D eigenvalue weighted by molar-refractivity contribution is 6.34. The maximum absolute atomic E-state index is 7.40. The molecule has 0 bridgehead atoms. The largest absolute Gasteiger partial charge is 0.384 e. The van der Waals surface area contributed by atoms with Gasteiger partial charge in [-0.05, 0) is 37.0 Å². The summed E-state index contributed by atoms with van der Waals surface area (Å²) < 4.78 is 5.61. The number of rotatable bonds is 7. The number of hydrogen-bond donors (Lipinski definition) is 2. The molecular weight excluding hydrogens is 262 g/mol. The Balaban J connectivity index is 1.85. The zero-order chi connectivity index (χ0) is 13.8. The molecule has 1 aromatic rings. The third-order valence-corrected chi connectivity index (χ3v) is 3.62. The lowest BCUT2D eigenvalue weighted by atomic mass is 10.2. The molecule has 1 aromatic carbocycles. The summed E-state index contributed by atoms with van der Waals surface area (Å²) in [7, 11) is 2.00. The van der Waals surface area contributed by atoms with Gasteiger partial charge in [-0.25, -0.2) is 0 Å². The van der Waals surface area contributed by atoms with Crippen molar-refractivity contribution >= 4 is 23.1 Å². The van der Waals surface area contributed by atoms with E-state index in [2.05, 4.69) is 4.90 Å². The van der Waals surface area contributed by atoms with Gasteiger partial charge in [-0.2, -0.15) is 0 Å². The van der Waals surface area contributed by atoms with E-state index in [1.165, 1.54) is 12.8 Å².